The normalized spacial score (nSPS) is 21.2. The molecule has 3 rings (SSSR count). The lowest BCUT2D eigenvalue weighted by molar-refractivity contribution is 0.0815. The van der Waals surface area contributed by atoms with Crippen LogP contribution >= 0.6 is 11.6 Å². The number of rotatable bonds is 2. The topological polar surface area (TPSA) is 75.5 Å². The number of piperidine rings is 1. The van der Waals surface area contributed by atoms with E-state index in [-0.39, 0.29) is 23.6 Å². The SMILES string of the molecule is COC(=O)N1CC[C@@H](c2cc(=O)[nH]o2)C[C@H]1c1ccc(Cl)cc1. The maximum Gasteiger partial charge on any atom is 0.409 e. The van der Waals surface area contributed by atoms with Gasteiger partial charge in [0.1, 0.15) is 5.76 Å². The van der Waals surface area contributed by atoms with E-state index in [0.717, 1.165) is 5.56 Å². The summed E-state index contributed by atoms with van der Waals surface area (Å²) in [6.45, 7) is 0.527. The summed E-state index contributed by atoms with van der Waals surface area (Å²) in [7, 11) is 1.37. The van der Waals surface area contributed by atoms with Crippen LogP contribution in [0.1, 0.15) is 36.1 Å². The number of carbonyl (C=O) groups excluding carboxylic acids is 1. The highest BCUT2D eigenvalue weighted by atomic mass is 35.5. The number of methoxy groups -OCH3 is 1. The molecule has 1 N–H and O–H groups in total. The molecular weight excluding hydrogens is 320 g/mol. The number of H-pyrrole nitrogens is 1. The van der Waals surface area contributed by atoms with Crippen LogP contribution in [-0.4, -0.2) is 29.8 Å². The molecule has 2 atom stereocenters. The number of hydrogen-bond acceptors (Lipinski definition) is 4. The van der Waals surface area contributed by atoms with E-state index in [9.17, 15) is 9.59 Å². The number of aromatic amines is 1. The Balaban J connectivity index is 1.89. The first-order valence-corrected chi connectivity index (χ1v) is 7.74. The van der Waals surface area contributed by atoms with Crippen molar-refractivity contribution in [1.29, 1.82) is 0 Å². The number of halogens is 1. The maximum atomic E-state index is 12.1. The van der Waals surface area contributed by atoms with Gasteiger partial charge in [0.05, 0.1) is 13.2 Å². The molecule has 1 aliphatic rings. The smallest absolute Gasteiger partial charge is 0.409 e. The number of hydrogen-bond donors (Lipinski definition) is 1. The van der Waals surface area contributed by atoms with Crippen LogP contribution in [0.4, 0.5) is 4.79 Å². The van der Waals surface area contributed by atoms with E-state index in [1.54, 1.807) is 17.0 Å². The Hall–Kier alpha value is -2.21. The summed E-state index contributed by atoms with van der Waals surface area (Å²) in [5, 5.41) is 2.96. The van der Waals surface area contributed by atoms with Gasteiger partial charge in [-0.05, 0) is 30.5 Å². The average Bonchev–Trinajstić information content (AvgIpc) is 3.01. The zero-order chi connectivity index (χ0) is 16.4. The number of likely N-dealkylation sites (tertiary alicyclic amines) is 1. The molecular formula is C16H17ClN2O4. The summed E-state index contributed by atoms with van der Waals surface area (Å²) in [6, 6.07) is 8.71. The molecule has 1 aromatic heterocycles. The van der Waals surface area contributed by atoms with Crippen molar-refractivity contribution in [2.75, 3.05) is 13.7 Å². The summed E-state index contributed by atoms with van der Waals surface area (Å²) < 4.78 is 10.1. The van der Waals surface area contributed by atoms with Gasteiger partial charge in [0.15, 0.2) is 0 Å². The van der Waals surface area contributed by atoms with Crippen LogP contribution < -0.4 is 5.56 Å². The van der Waals surface area contributed by atoms with Crippen LogP contribution in [0.3, 0.4) is 0 Å². The molecule has 1 aliphatic heterocycles. The highest BCUT2D eigenvalue weighted by Gasteiger charge is 2.35. The van der Waals surface area contributed by atoms with E-state index in [4.69, 9.17) is 20.9 Å². The van der Waals surface area contributed by atoms with Crippen molar-refractivity contribution >= 4 is 17.7 Å². The molecule has 2 aromatic rings. The zero-order valence-corrected chi connectivity index (χ0v) is 13.4. The number of nitrogens with one attached hydrogen (secondary N) is 1. The maximum absolute atomic E-state index is 12.1. The molecule has 1 saturated heterocycles. The third-order valence-electron chi connectivity index (χ3n) is 4.21. The third-order valence-corrected chi connectivity index (χ3v) is 4.46. The number of nitrogens with zero attached hydrogens (tertiary/aromatic N) is 1. The Morgan fingerprint density at radius 3 is 2.74 bits per heavy atom. The Morgan fingerprint density at radius 2 is 2.13 bits per heavy atom. The number of ether oxygens (including phenoxy) is 1. The first-order valence-electron chi connectivity index (χ1n) is 7.37. The number of amides is 1. The first kappa shape index (κ1) is 15.7. The lowest BCUT2D eigenvalue weighted by atomic mass is 9.86. The molecule has 0 spiro atoms. The second-order valence-electron chi connectivity index (χ2n) is 5.57. The molecule has 1 amide bonds. The van der Waals surface area contributed by atoms with Crippen LogP contribution in [0.15, 0.2) is 39.6 Å². The summed E-state index contributed by atoms with van der Waals surface area (Å²) in [5.74, 6) is 0.689. The van der Waals surface area contributed by atoms with E-state index < -0.39 is 0 Å². The Kier molecular flexibility index (Phi) is 4.43. The highest BCUT2D eigenvalue weighted by Crippen LogP contribution is 2.39. The van der Waals surface area contributed by atoms with Crippen LogP contribution in [0.2, 0.25) is 5.02 Å². The fourth-order valence-corrected chi connectivity index (χ4v) is 3.19. The molecule has 0 bridgehead atoms. The molecule has 122 valence electrons. The van der Waals surface area contributed by atoms with Gasteiger partial charge in [0.25, 0.3) is 5.56 Å². The molecule has 1 aromatic carbocycles. The predicted molar refractivity (Wildman–Crippen MR) is 84.6 cm³/mol. The quantitative estimate of drug-likeness (QED) is 0.912. The van der Waals surface area contributed by atoms with Crippen molar-refractivity contribution in [3.05, 3.63) is 57.0 Å². The Bertz CT molecular complexity index is 737. The van der Waals surface area contributed by atoms with Gasteiger partial charge in [-0.1, -0.05) is 23.7 Å². The van der Waals surface area contributed by atoms with Gasteiger partial charge in [0.2, 0.25) is 0 Å². The molecule has 2 heterocycles. The molecule has 23 heavy (non-hydrogen) atoms. The minimum Gasteiger partial charge on any atom is -0.453 e. The average molecular weight is 337 g/mol. The van der Waals surface area contributed by atoms with Crippen molar-refractivity contribution in [2.24, 2.45) is 0 Å². The van der Waals surface area contributed by atoms with Crippen LogP contribution in [0.25, 0.3) is 0 Å². The standard InChI is InChI=1S/C16H17ClN2O4/c1-22-16(21)19-7-6-11(14-9-15(20)18-23-14)8-13(19)10-2-4-12(17)5-3-10/h2-5,9,11,13H,6-8H2,1H3,(H,18,20)/t11-,13+/m1/s1. The van der Waals surface area contributed by atoms with Crippen molar-refractivity contribution in [3.8, 4) is 0 Å². The summed E-state index contributed by atoms with van der Waals surface area (Å²) in [6.07, 6.45) is 0.997. The van der Waals surface area contributed by atoms with Gasteiger partial charge >= 0.3 is 6.09 Å². The van der Waals surface area contributed by atoms with Crippen molar-refractivity contribution < 1.29 is 14.1 Å². The third kappa shape index (κ3) is 3.27. The lowest BCUT2D eigenvalue weighted by Crippen LogP contribution is -2.40. The van der Waals surface area contributed by atoms with E-state index in [2.05, 4.69) is 5.16 Å². The fourth-order valence-electron chi connectivity index (χ4n) is 3.06. The molecule has 0 unspecified atom stereocenters. The minimum atomic E-state index is -0.362. The van der Waals surface area contributed by atoms with Gasteiger partial charge in [-0.25, -0.2) is 4.79 Å². The first-order chi connectivity index (χ1) is 11.1. The summed E-state index contributed by atoms with van der Waals surface area (Å²) in [4.78, 5) is 25.1. The van der Waals surface area contributed by atoms with Crippen molar-refractivity contribution in [1.82, 2.24) is 10.1 Å². The molecule has 0 saturated carbocycles. The monoisotopic (exact) mass is 336 g/mol. The van der Waals surface area contributed by atoms with Crippen LogP contribution in [0, 0.1) is 0 Å². The van der Waals surface area contributed by atoms with Gasteiger partial charge in [-0.2, -0.15) is 5.16 Å². The number of carbonyl (C=O) groups is 1. The molecule has 6 nitrogen and oxygen atoms in total. The number of benzene rings is 1. The minimum absolute atomic E-state index is 0.0653. The summed E-state index contributed by atoms with van der Waals surface area (Å²) in [5.41, 5.74) is 0.723. The van der Waals surface area contributed by atoms with E-state index in [0.29, 0.717) is 30.2 Å². The van der Waals surface area contributed by atoms with Gasteiger partial charge in [-0.15, -0.1) is 0 Å². The van der Waals surface area contributed by atoms with Crippen LogP contribution in [0.5, 0.6) is 0 Å². The number of aromatic nitrogens is 1. The Labute approximate surface area is 138 Å². The van der Waals surface area contributed by atoms with Gasteiger partial charge in [-0.3, -0.25) is 4.79 Å². The van der Waals surface area contributed by atoms with Gasteiger partial charge in [0, 0.05) is 23.6 Å². The molecule has 7 heteroatoms. The van der Waals surface area contributed by atoms with E-state index in [1.165, 1.54) is 13.2 Å². The highest BCUT2D eigenvalue weighted by molar-refractivity contribution is 6.30. The second-order valence-corrected chi connectivity index (χ2v) is 6.00. The lowest BCUT2D eigenvalue weighted by Gasteiger charge is -2.38. The van der Waals surface area contributed by atoms with Crippen molar-refractivity contribution in [3.63, 3.8) is 0 Å². The Morgan fingerprint density at radius 1 is 1.39 bits per heavy atom. The fraction of sp³-hybridized carbons (Fsp3) is 0.375. The van der Waals surface area contributed by atoms with Crippen molar-refractivity contribution in [2.45, 2.75) is 24.8 Å². The molecule has 1 fully saturated rings. The van der Waals surface area contributed by atoms with E-state index >= 15 is 0 Å². The van der Waals surface area contributed by atoms with Crippen LogP contribution in [-0.2, 0) is 4.74 Å². The predicted octanol–water partition coefficient (Wildman–Crippen LogP) is 3.31. The summed E-state index contributed by atoms with van der Waals surface area (Å²) >= 11 is 5.95. The van der Waals surface area contributed by atoms with Gasteiger partial charge < -0.3 is 14.2 Å². The molecule has 0 radical (unpaired) electrons. The largest absolute Gasteiger partial charge is 0.453 e. The molecule has 0 aliphatic carbocycles. The second kappa shape index (κ2) is 6.50. The van der Waals surface area contributed by atoms with E-state index in [1.807, 2.05) is 12.1 Å². The zero-order valence-electron chi connectivity index (χ0n) is 12.6.